The van der Waals surface area contributed by atoms with Crippen LogP contribution >= 0.6 is 0 Å². The molecule has 0 unspecified atom stereocenters. The zero-order chi connectivity index (χ0) is 6.69. The lowest BCUT2D eigenvalue weighted by atomic mass is 10.5. The molecule has 0 fully saturated rings. The van der Waals surface area contributed by atoms with E-state index >= 15 is 0 Å². The van der Waals surface area contributed by atoms with Crippen LogP contribution in [0.1, 0.15) is 0 Å². The largest absolute Gasteiger partial charge is 0.353 e. The Hall–Kier alpha value is -0.190. The van der Waals surface area contributed by atoms with Crippen molar-refractivity contribution in [3.63, 3.8) is 0 Å². The predicted octanol–water partition coefficient (Wildman–Crippen LogP) is 1.09. The molecule has 0 bridgehead atoms. The van der Waals surface area contributed by atoms with Crippen molar-refractivity contribution in [2.75, 3.05) is 0 Å². The van der Waals surface area contributed by atoms with Crippen molar-refractivity contribution < 1.29 is 0 Å². The summed E-state index contributed by atoms with van der Waals surface area (Å²) in [6.45, 7) is 0. The minimum absolute atomic E-state index is 0.468. The van der Waals surface area contributed by atoms with E-state index in [9.17, 15) is 0 Å². The van der Waals surface area contributed by atoms with E-state index in [-0.39, 0.29) is 0 Å². The van der Waals surface area contributed by atoms with Gasteiger partial charge in [-0.2, -0.15) is 0 Å². The number of rotatable bonds is 0. The standard InChI is InChI=1S/C5H5NS3/c7-9(8)5-3-1-2-4-6-5/h1-4,6H. The lowest BCUT2D eigenvalue weighted by Crippen LogP contribution is -1.70. The predicted molar refractivity (Wildman–Crippen MR) is 46.1 cm³/mol. The van der Waals surface area contributed by atoms with Crippen LogP contribution in [0.25, 0.3) is 0 Å². The molecule has 4 heteroatoms. The maximum atomic E-state index is 4.86. The van der Waals surface area contributed by atoms with Crippen molar-refractivity contribution in [2.24, 2.45) is 0 Å². The van der Waals surface area contributed by atoms with Crippen molar-refractivity contribution in [3.8, 4) is 0 Å². The summed E-state index contributed by atoms with van der Waals surface area (Å²) in [7, 11) is -0.468. The molecule has 0 amide bonds. The summed E-state index contributed by atoms with van der Waals surface area (Å²) in [6.07, 6.45) is 1.83. The van der Waals surface area contributed by atoms with E-state index in [0.717, 1.165) is 4.64 Å². The molecular weight excluding hydrogens is 170 g/mol. The Labute approximate surface area is 64.2 Å². The number of hydrogen-bond donors (Lipinski definition) is 1. The highest BCUT2D eigenvalue weighted by Gasteiger charge is 1.69. The van der Waals surface area contributed by atoms with E-state index in [4.69, 9.17) is 22.4 Å². The van der Waals surface area contributed by atoms with Crippen LogP contribution in [0.5, 0.6) is 0 Å². The fourth-order valence-corrected chi connectivity index (χ4v) is 1.46. The van der Waals surface area contributed by atoms with Crippen LogP contribution in [0, 0.1) is 4.64 Å². The van der Waals surface area contributed by atoms with Gasteiger partial charge < -0.3 is 4.98 Å². The number of nitrogens with one attached hydrogen (secondary N) is 1. The third-order valence-electron chi connectivity index (χ3n) is 0.860. The average molecular weight is 175 g/mol. The molecule has 0 aromatic carbocycles. The summed E-state index contributed by atoms with van der Waals surface area (Å²) in [4.78, 5) is 2.97. The van der Waals surface area contributed by atoms with Crippen molar-refractivity contribution in [1.82, 2.24) is 4.98 Å². The Bertz CT molecular complexity index is 321. The Morgan fingerprint density at radius 2 is 2.11 bits per heavy atom. The maximum absolute atomic E-state index is 4.86. The van der Waals surface area contributed by atoms with Gasteiger partial charge in [0, 0.05) is 6.20 Å². The second-order valence-corrected chi connectivity index (χ2v) is 5.00. The van der Waals surface area contributed by atoms with Crippen LogP contribution in [0.2, 0.25) is 0 Å². The van der Waals surface area contributed by atoms with Crippen LogP contribution in [-0.2, 0) is 30.0 Å². The summed E-state index contributed by atoms with van der Waals surface area (Å²) in [5, 5.41) is 0. The highest BCUT2D eigenvalue weighted by atomic mass is 33.1. The first kappa shape index (κ1) is 6.92. The van der Waals surface area contributed by atoms with Gasteiger partial charge in [-0.3, -0.25) is 0 Å². The monoisotopic (exact) mass is 175 g/mol. The molecule has 1 aromatic heterocycles. The SMILES string of the molecule is S=S(=S)=c1cccc[nH]1. The van der Waals surface area contributed by atoms with Gasteiger partial charge in [0.1, 0.15) is 4.64 Å². The Kier molecular flexibility index (Phi) is 2.38. The zero-order valence-electron chi connectivity index (χ0n) is 4.53. The number of pyridine rings is 1. The molecule has 1 N–H and O–H groups in total. The topological polar surface area (TPSA) is 15.8 Å². The Morgan fingerprint density at radius 1 is 1.33 bits per heavy atom. The molecular formula is C5H5NS3. The molecule has 0 aliphatic heterocycles. The zero-order valence-corrected chi connectivity index (χ0v) is 6.98. The highest BCUT2D eigenvalue weighted by molar-refractivity contribution is 8.42. The van der Waals surface area contributed by atoms with Crippen LogP contribution in [0.3, 0.4) is 0 Å². The summed E-state index contributed by atoms with van der Waals surface area (Å²) < 4.78 is 0.947. The second-order valence-electron chi connectivity index (χ2n) is 1.46. The molecule has 1 nitrogen and oxygen atoms in total. The van der Waals surface area contributed by atoms with Crippen LogP contribution in [-0.4, -0.2) is 4.98 Å². The molecule has 9 heavy (non-hydrogen) atoms. The summed E-state index contributed by atoms with van der Waals surface area (Å²) in [5.74, 6) is 0. The highest BCUT2D eigenvalue weighted by Crippen LogP contribution is 1.80. The van der Waals surface area contributed by atoms with Gasteiger partial charge in [0.2, 0.25) is 0 Å². The first-order valence-electron chi connectivity index (χ1n) is 2.36. The Balaban J connectivity index is 3.67. The third kappa shape index (κ3) is 1.89. The minimum atomic E-state index is -0.468. The van der Waals surface area contributed by atoms with Crippen molar-refractivity contribution in [2.45, 2.75) is 0 Å². The summed E-state index contributed by atoms with van der Waals surface area (Å²) in [5.41, 5.74) is 0. The van der Waals surface area contributed by atoms with Crippen molar-refractivity contribution in [3.05, 3.63) is 29.0 Å². The first-order valence-corrected chi connectivity index (χ1v) is 5.44. The molecule has 0 atom stereocenters. The fraction of sp³-hybridized carbons (Fsp3) is 0. The molecule has 1 heterocycles. The maximum Gasteiger partial charge on any atom is 0.104 e. The van der Waals surface area contributed by atoms with Crippen molar-refractivity contribution >= 4 is 30.0 Å². The first-order chi connectivity index (χ1) is 4.30. The van der Waals surface area contributed by atoms with Crippen LogP contribution in [0.4, 0.5) is 0 Å². The normalized spacial score (nSPS) is 8.89. The van der Waals surface area contributed by atoms with Crippen molar-refractivity contribution in [1.29, 1.82) is 0 Å². The lowest BCUT2D eigenvalue weighted by molar-refractivity contribution is 1.30. The van der Waals surface area contributed by atoms with E-state index in [1.807, 2.05) is 24.4 Å². The summed E-state index contributed by atoms with van der Waals surface area (Å²) in [6, 6.07) is 5.73. The fourth-order valence-electron chi connectivity index (χ4n) is 0.481. The molecule has 1 rings (SSSR count). The third-order valence-corrected chi connectivity index (χ3v) is 2.55. The number of H-pyrrole nitrogens is 1. The van der Waals surface area contributed by atoms with Gasteiger partial charge in [-0.25, -0.2) is 0 Å². The van der Waals surface area contributed by atoms with Gasteiger partial charge in [0.25, 0.3) is 0 Å². The van der Waals surface area contributed by atoms with Gasteiger partial charge in [0.05, 0.1) is 0 Å². The Morgan fingerprint density at radius 3 is 2.44 bits per heavy atom. The molecule has 0 aliphatic carbocycles. The lowest BCUT2D eigenvalue weighted by Gasteiger charge is -1.79. The van der Waals surface area contributed by atoms with E-state index in [1.54, 1.807) is 0 Å². The van der Waals surface area contributed by atoms with Crippen LogP contribution < -0.4 is 0 Å². The number of aromatic amines is 1. The van der Waals surface area contributed by atoms with E-state index in [1.165, 1.54) is 0 Å². The molecule has 0 saturated heterocycles. The smallest absolute Gasteiger partial charge is 0.104 e. The average Bonchev–Trinajstić information content (AvgIpc) is 1.90. The van der Waals surface area contributed by atoms with E-state index in [2.05, 4.69) is 4.98 Å². The van der Waals surface area contributed by atoms with Gasteiger partial charge in [-0.1, -0.05) is 6.07 Å². The number of hydrogen-bond acceptors (Lipinski definition) is 2. The van der Waals surface area contributed by atoms with Gasteiger partial charge in [0.15, 0.2) is 0 Å². The van der Waals surface area contributed by atoms with Gasteiger partial charge >= 0.3 is 0 Å². The number of aromatic nitrogens is 1. The molecule has 0 aliphatic rings. The molecule has 1 aromatic rings. The van der Waals surface area contributed by atoms with Gasteiger partial charge in [-0.15, -0.1) is 0 Å². The van der Waals surface area contributed by atoms with Crippen LogP contribution in [0.15, 0.2) is 24.4 Å². The van der Waals surface area contributed by atoms with E-state index < -0.39 is 7.60 Å². The quantitative estimate of drug-likeness (QED) is 0.594. The minimum Gasteiger partial charge on any atom is -0.353 e. The second kappa shape index (κ2) is 3.10. The molecule has 0 saturated carbocycles. The molecule has 48 valence electrons. The molecule has 0 spiro atoms. The van der Waals surface area contributed by atoms with Gasteiger partial charge in [-0.05, 0) is 42.1 Å². The summed E-state index contributed by atoms with van der Waals surface area (Å²) >= 11 is 9.71. The molecule has 0 radical (unpaired) electrons. The van der Waals surface area contributed by atoms with E-state index in [0.29, 0.717) is 0 Å².